The first-order valence-corrected chi connectivity index (χ1v) is 12.2. The minimum Gasteiger partial charge on any atom is -0.390 e. The van der Waals surface area contributed by atoms with E-state index in [0.717, 1.165) is 24.3 Å². The summed E-state index contributed by atoms with van der Waals surface area (Å²) in [6.45, 7) is 12.5. The van der Waals surface area contributed by atoms with Crippen molar-refractivity contribution in [1.82, 2.24) is 0 Å². The largest absolute Gasteiger partial charge is 0.390 e. The monoisotopic (exact) mass is 416 g/mol. The van der Waals surface area contributed by atoms with Crippen LogP contribution in [0.4, 0.5) is 0 Å². The van der Waals surface area contributed by atoms with Crippen LogP contribution < -0.4 is 0 Å². The van der Waals surface area contributed by atoms with Gasteiger partial charge in [0.2, 0.25) is 0 Å². The zero-order valence-corrected chi connectivity index (χ0v) is 19.7. The van der Waals surface area contributed by atoms with E-state index in [1.54, 1.807) is 5.57 Å². The summed E-state index contributed by atoms with van der Waals surface area (Å²) in [6.07, 6.45) is 14.1. The molecule has 3 rings (SSSR count). The fourth-order valence-corrected chi connectivity index (χ4v) is 6.36. The summed E-state index contributed by atoms with van der Waals surface area (Å²) in [5.41, 5.74) is 3.11. The highest BCUT2D eigenvalue weighted by Crippen LogP contribution is 2.59. The molecule has 3 nitrogen and oxygen atoms in total. The lowest BCUT2D eigenvalue weighted by Gasteiger charge is -2.43. The van der Waals surface area contributed by atoms with Gasteiger partial charge in [0, 0.05) is 0 Å². The van der Waals surface area contributed by atoms with Crippen LogP contribution in [0.25, 0.3) is 0 Å². The molecule has 0 aromatic rings. The van der Waals surface area contributed by atoms with E-state index in [2.05, 4.69) is 32.6 Å². The van der Waals surface area contributed by atoms with Crippen LogP contribution in [0, 0.1) is 23.2 Å². The fourth-order valence-electron chi connectivity index (χ4n) is 6.36. The van der Waals surface area contributed by atoms with Crippen molar-refractivity contribution in [3.63, 3.8) is 0 Å². The Morgan fingerprint density at radius 2 is 1.83 bits per heavy atom. The van der Waals surface area contributed by atoms with E-state index < -0.39 is 17.8 Å². The van der Waals surface area contributed by atoms with Gasteiger partial charge in [0.1, 0.15) is 0 Å². The summed E-state index contributed by atoms with van der Waals surface area (Å²) in [7, 11) is 0. The molecule has 0 heterocycles. The smallest absolute Gasteiger partial charge is 0.0809 e. The highest BCUT2D eigenvalue weighted by molar-refractivity contribution is 5.29. The molecule has 0 saturated heterocycles. The molecule has 0 amide bonds. The molecular weight excluding hydrogens is 372 g/mol. The highest BCUT2D eigenvalue weighted by atomic mass is 16.3. The number of allylic oxidation sites excluding steroid dienone is 3. The molecule has 3 saturated carbocycles. The van der Waals surface area contributed by atoms with Crippen LogP contribution in [-0.2, 0) is 0 Å². The van der Waals surface area contributed by atoms with Crippen molar-refractivity contribution < 1.29 is 15.3 Å². The Kier molecular flexibility index (Phi) is 7.37. The molecule has 0 aromatic heterocycles. The van der Waals surface area contributed by atoms with Crippen molar-refractivity contribution in [2.45, 2.75) is 110 Å². The van der Waals surface area contributed by atoms with Gasteiger partial charge in [0.15, 0.2) is 0 Å². The average Bonchev–Trinajstić information content (AvgIpc) is 2.99. The first-order valence-electron chi connectivity index (χ1n) is 12.2. The number of hydrogen-bond acceptors (Lipinski definition) is 3. The van der Waals surface area contributed by atoms with Crippen LogP contribution in [0.1, 0.15) is 91.9 Å². The number of aliphatic hydroxyl groups is 3. The number of rotatable bonds is 6. The minimum absolute atomic E-state index is 0.394. The first kappa shape index (κ1) is 23.8. The summed E-state index contributed by atoms with van der Waals surface area (Å²) in [5.74, 6) is 2.10. The maximum absolute atomic E-state index is 10.1. The van der Waals surface area contributed by atoms with Crippen molar-refractivity contribution in [2.75, 3.05) is 0 Å². The molecule has 0 spiro atoms. The van der Waals surface area contributed by atoms with Crippen LogP contribution in [-0.4, -0.2) is 33.1 Å². The molecule has 6 atom stereocenters. The SMILES string of the molecule is C=C1C(O)CC(=C/C=C2\CCCC3(C)C(C[C@H](C)CCC(C)(C)O)CCC23)C[C@H]1O. The maximum atomic E-state index is 10.1. The topological polar surface area (TPSA) is 60.7 Å². The number of hydrogen-bond donors (Lipinski definition) is 3. The lowest BCUT2D eigenvalue weighted by Crippen LogP contribution is -2.34. The van der Waals surface area contributed by atoms with Gasteiger partial charge < -0.3 is 15.3 Å². The number of fused-ring (bicyclic) bond motifs is 1. The van der Waals surface area contributed by atoms with E-state index in [9.17, 15) is 15.3 Å². The second kappa shape index (κ2) is 9.30. The fraction of sp³-hybridized carbons (Fsp3) is 0.778. The van der Waals surface area contributed by atoms with Gasteiger partial charge in [-0.25, -0.2) is 0 Å². The minimum atomic E-state index is -0.615. The standard InChI is InChI=1S/C27H44O3/c1-18(12-14-26(3,4)30)15-22-10-11-23-21(7-6-13-27(22,23)5)9-8-20-16-24(28)19(2)25(29)17-20/h8-9,18,22-25,28-30H,2,6-7,10-17H2,1,3-5H3/b20-8?,21-9+/t18-,22?,23?,24-,25?,27?/m1/s1. The normalized spacial score (nSPS) is 38.8. The quantitative estimate of drug-likeness (QED) is 0.486. The third-order valence-electron chi connectivity index (χ3n) is 8.40. The molecule has 0 bridgehead atoms. The van der Waals surface area contributed by atoms with E-state index in [-0.39, 0.29) is 0 Å². The van der Waals surface area contributed by atoms with Crippen molar-refractivity contribution >= 4 is 0 Å². The van der Waals surface area contributed by atoms with Gasteiger partial charge in [-0.05, 0) is 107 Å². The molecule has 170 valence electrons. The third kappa shape index (κ3) is 5.47. The lowest BCUT2D eigenvalue weighted by atomic mass is 9.62. The summed E-state index contributed by atoms with van der Waals surface area (Å²) in [5, 5.41) is 30.3. The van der Waals surface area contributed by atoms with Gasteiger partial charge in [0.25, 0.3) is 0 Å². The molecule has 3 N–H and O–H groups in total. The van der Waals surface area contributed by atoms with Crippen LogP contribution >= 0.6 is 0 Å². The lowest BCUT2D eigenvalue weighted by molar-refractivity contribution is 0.0592. The Labute approximate surface area is 184 Å². The van der Waals surface area contributed by atoms with E-state index in [0.29, 0.717) is 35.7 Å². The first-order chi connectivity index (χ1) is 14.0. The van der Waals surface area contributed by atoms with Crippen molar-refractivity contribution in [3.8, 4) is 0 Å². The summed E-state index contributed by atoms with van der Waals surface area (Å²) in [4.78, 5) is 0. The zero-order chi connectivity index (χ0) is 22.1. The second-order valence-corrected chi connectivity index (χ2v) is 11.5. The molecular formula is C27H44O3. The Morgan fingerprint density at radius 3 is 2.47 bits per heavy atom. The predicted molar refractivity (Wildman–Crippen MR) is 124 cm³/mol. The van der Waals surface area contributed by atoms with Gasteiger partial charge in [-0.2, -0.15) is 0 Å². The number of aliphatic hydroxyl groups excluding tert-OH is 2. The van der Waals surface area contributed by atoms with E-state index in [4.69, 9.17) is 0 Å². The molecule has 3 fully saturated rings. The molecule has 3 heteroatoms. The van der Waals surface area contributed by atoms with Crippen LogP contribution in [0.2, 0.25) is 0 Å². The van der Waals surface area contributed by atoms with Crippen molar-refractivity contribution in [3.05, 3.63) is 35.5 Å². The molecule has 0 radical (unpaired) electrons. The Morgan fingerprint density at radius 1 is 1.17 bits per heavy atom. The molecule has 4 unspecified atom stereocenters. The van der Waals surface area contributed by atoms with Crippen molar-refractivity contribution in [2.24, 2.45) is 23.2 Å². The third-order valence-corrected chi connectivity index (χ3v) is 8.40. The Hall–Kier alpha value is -0.900. The highest BCUT2D eigenvalue weighted by Gasteiger charge is 2.49. The van der Waals surface area contributed by atoms with Gasteiger partial charge in [-0.15, -0.1) is 0 Å². The molecule has 30 heavy (non-hydrogen) atoms. The summed E-state index contributed by atoms with van der Waals surface area (Å²) in [6, 6.07) is 0. The average molecular weight is 417 g/mol. The molecule has 3 aliphatic carbocycles. The van der Waals surface area contributed by atoms with Crippen LogP contribution in [0.3, 0.4) is 0 Å². The zero-order valence-electron chi connectivity index (χ0n) is 19.7. The Bertz CT molecular complexity index is 667. The van der Waals surface area contributed by atoms with E-state index in [1.807, 2.05) is 13.8 Å². The molecule has 0 aliphatic heterocycles. The molecule has 0 aromatic carbocycles. The van der Waals surface area contributed by atoms with Gasteiger partial charge in [-0.1, -0.05) is 43.7 Å². The molecule has 3 aliphatic rings. The summed E-state index contributed by atoms with van der Waals surface area (Å²) >= 11 is 0. The predicted octanol–water partition coefficient (Wildman–Crippen LogP) is 5.70. The van der Waals surface area contributed by atoms with E-state index >= 15 is 0 Å². The summed E-state index contributed by atoms with van der Waals surface area (Å²) < 4.78 is 0. The Balaban J connectivity index is 1.66. The van der Waals surface area contributed by atoms with Gasteiger partial charge >= 0.3 is 0 Å². The van der Waals surface area contributed by atoms with Gasteiger partial charge in [0.05, 0.1) is 17.8 Å². The van der Waals surface area contributed by atoms with E-state index in [1.165, 1.54) is 38.5 Å². The van der Waals surface area contributed by atoms with Crippen LogP contribution in [0.5, 0.6) is 0 Å². The van der Waals surface area contributed by atoms with Gasteiger partial charge in [-0.3, -0.25) is 0 Å². The maximum Gasteiger partial charge on any atom is 0.0809 e. The van der Waals surface area contributed by atoms with Crippen molar-refractivity contribution in [1.29, 1.82) is 0 Å². The van der Waals surface area contributed by atoms with Crippen LogP contribution in [0.15, 0.2) is 35.5 Å². The second-order valence-electron chi connectivity index (χ2n) is 11.5.